The van der Waals surface area contributed by atoms with Crippen LogP contribution in [0, 0.1) is 13.8 Å². The van der Waals surface area contributed by atoms with E-state index in [1.165, 1.54) is 0 Å². The molecule has 0 aliphatic carbocycles. The van der Waals surface area contributed by atoms with Crippen LogP contribution in [0.2, 0.25) is 0 Å². The maximum Gasteiger partial charge on any atom is 0.163 e. The second kappa shape index (κ2) is 5.72. The molecular weight excluding hydrogens is 196 g/mol. The standard InChI is InChI=1S/C10H18N2O3/c1-8-10(9(2)12(3)11-8)15-7-6-14-5-4-13/h13H,4-7H2,1-3H3. The zero-order valence-corrected chi connectivity index (χ0v) is 9.49. The molecule has 0 saturated carbocycles. The molecule has 0 bridgehead atoms. The summed E-state index contributed by atoms with van der Waals surface area (Å²) in [6.07, 6.45) is 0. The molecule has 0 fully saturated rings. The minimum absolute atomic E-state index is 0.0466. The Kier molecular flexibility index (Phi) is 4.58. The van der Waals surface area contributed by atoms with Crippen LogP contribution < -0.4 is 4.74 Å². The smallest absolute Gasteiger partial charge is 0.163 e. The first-order valence-electron chi connectivity index (χ1n) is 4.98. The molecule has 5 nitrogen and oxygen atoms in total. The second-order valence-corrected chi connectivity index (χ2v) is 3.31. The van der Waals surface area contributed by atoms with Crippen molar-refractivity contribution in [1.29, 1.82) is 0 Å². The van der Waals surface area contributed by atoms with E-state index in [1.807, 2.05) is 20.9 Å². The molecule has 15 heavy (non-hydrogen) atoms. The summed E-state index contributed by atoms with van der Waals surface area (Å²) in [5, 5.41) is 12.7. The molecule has 0 radical (unpaired) electrons. The molecule has 0 spiro atoms. The lowest BCUT2D eigenvalue weighted by Gasteiger charge is -2.06. The SMILES string of the molecule is Cc1nn(C)c(C)c1OCCOCCO. The first-order valence-corrected chi connectivity index (χ1v) is 4.98. The maximum absolute atomic E-state index is 8.50. The zero-order chi connectivity index (χ0) is 11.3. The highest BCUT2D eigenvalue weighted by Gasteiger charge is 2.09. The van der Waals surface area contributed by atoms with Gasteiger partial charge in [0.1, 0.15) is 12.3 Å². The normalized spacial score (nSPS) is 10.7. The van der Waals surface area contributed by atoms with E-state index in [9.17, 15) is 0 Å². The van der Waals surface area contributed by atoms with Crippen molar-refractivity contribution in [2.45, 2.75) is 13.8 Å². The van der Waals surface area contributed by atoms with Crippen molar-refractivity contribution < 1.29 is 14.6 Å². The lowest BCUT2D eigenvalue weighted by molar-refractivity contribution is 0.0702. The highest BCUT2D eigenvalue weighted by molar-refractivity contribution is 5.31. The van der Waals surface area contributed by atoms with E-state index < -0.39 is 0 Å². The number of hydrogen-bond acceptors (Lipinski definition) is 4. The Labute approximate surface area is 89.6 Å². The van der Waals surface area contributed by atoms with Crippen molar-refractivity contribution in [3.05, 3.63) is 11.4 Å². The number of aliphatic hydroxyl groups excluding tert-OH is 1. The maximum atomic E-state index is 8.50. The first-order chi connectivity index (χ1) is 7.16. The van der Waals surface area contributed by atoms with Gasteiger partial charge in [-0.3, -0.25) is 4.68 Å². The molecular formula is C10H18N2O3. The summed E-state index contributed by atoms with van der Waals surface area (Å²) in [4.78, 5) is 0. The lowest BCUT2D eigenvalue weighted by Crippen LogP contribution is -2.09. The van der Waals surface area contributed by atoms with E-state index in [0.717, 1.165) is 17.1 Å². The van der Waals surface area contributed by atoms with Gasteiger partial charge in [-0.25, -0.2) is 0 Å². The minimum atomic E-state index is 0.0466. The summed E-state index contributed by atoms with van der Waals surface area (Å²) < 4.78 is 12.4. The predicted molar refractivity (Wildman–Crippen MR) is 56.1 cm³/mol. The van der Waals surface area contributed by atoms with Crippen molar-refractivity contribution in [2.24, 2.45) is 7.05 Å². The summed E-state index contributed by atoms with van der Waals surface area (Å²) in [7, 11) is 1.89. The molecule has 0 amide bonds. The molecule has 1 N–H and O–H groups in total. The van der Waals surface area contributed by atoms with Gasteiger partial charge in [-0.15, -0.1) is 0 Å². The third-order valence-corrected chi connectivity index (χ3v) is 2.15. The highest BCUT2D eigenvalue weighted by atomic mass is 16.5. The topological polar surface area (TPSA) is 56.5 Å². The summed E-state index contributed by atoms with van der Waals surface area (Å²) >= 11 is 0. The molecule has 5 heteroatoms. The second-order valence-electron chi connectivity index (χ2n) is 3.31. The molecule has 1 aromatic rings. The monoisotopic (exact) mass is 214 g/mol. The van der Waals surface area contributed by atoms with Crippen LogP contribution in [0.3, 0.4) is 0 Å². The fourth-order valence-corrected chi connectivity index (χ4v) is 1.33. The summed E-state index contributed by atoms with van der Waals surface area (Å²) in [5.74, 6) is 0.824. The zero-order valence-electron chi connectivity index (χ0n) is 9.49. The van der Waals surface area contributed by atoms with E-state index in [1.54, 1.807) is 4.68 Å². The fraction of sp³-hybridized carbons (Fsp3) is 0.700. The number of aliphatic hydroxyl groups is 1. The van der Waals surface area contributed by atoms with Gasteiger partial charge >= 0.3 is 0 Å². The van der Waals surface area contributed by atoms with Crippen molar-refractivity contribution >= 4 is 0 Å². The van der Waals surface area contributed by atoms with Crippen LogP contribution in [0.25, 0.3) is 0 Å². The number of rotatable bonds is 6. The Morgan fingerprint density at radius 2 is 2.00 bits per heavy atom. The van der Waals surface area contributed by atoms with Crippen LogP contribution >= 0.6 is 0 Å². The predicted octanol–water partition coefficient (Wildman–Crippen LogP) is 0.425. The van der Waals surface area contributed by atoms with Gasteiger partial charge in [0, 0.05) is 7.05 Å². The quantitative estimate of drug-likeness (QED) is 0.697. The van der Waals surface area contributed by atoms with Gasteiger partial charge in [-0.05, 0) is 13.8 Å². The fourth-order valence-electron chi connectivity index (χ4n) is 1.33. The molecule has 0 aliphatic rings. The molecule has 1 aromatic heterocycles. The summed E-state index contributed by atoms with van der Waals surface area (Å²) in [6, 6.07) is 0. The van der Waals surface area contributed by atoms with Gasteiger partial charge in [-0.2, -0.15) is 5.10 Å². The van der Waals surface area contributed by atoms with Crippen LogP contribution in [-0.2, 0) is 11.8 Å². The lowest BCUT2D eigenvalue weighted by atomic mass is 10.3. The minimum Gasteiger partial charge on any atom is -0.487 e. The van der Waals surface area contributed by atoms with Gasteiger partial charge < -0.3 is 14.6 Å². The molecule has 1 heterocycles. The van der Waals surface area contributed by atoms with E-state index >= 15 is 0 Å². The Balaban J connectivity index is 2.37. The molecule has 0 unspecified atom stereocenters. The van der Waals surface area contributed by atoms with Crippen LogP contribution in [0.5, 0.6) is 5.75 Å². The summed E-state index contributed by atoms with van der Waals surface area (Å²) in [6.45, 7) is 5.24. The number of aromatic nitrogens is 2. The third kappa shape index (κ3) is 3.21. The van der Waals surface area contributed by atoms with Crippen LogP contribution in [0.1, 0.15) is 11.4 Å². The molecule has 0 aliphatic heterocycles. The van der Waals surface area contributed by atoms with E-state index in [2.05, 4.69) is 5.10 Å². The largest absolute Gasteiger partial charge is 0.487 e. The van der Waals surface area contributed by atoms with Gasteiger partial charge in [0.15, 0.2) is 5.75 Å². The van der Waals surface area contributed by atoms with Crippen molar-refractivity contribution in [3.8, 4) is 5.75 Å². The molecule has 86 valence electrons. The number of hydrogen-bond donors (Lipinski definition) is 1. The van der Waals surface area contributed by atoms with E-state index in [4.69, 9.17) is 14.6 Å². The Morgan fingerprint density at radius 3 is 2.53 bits per heavy atom. The Hall–Kier alpha value is -1.07. The molecule has 1 rings (SSSR count). The van der Waals surface area contributed by atoms with Crippen molar-refractivity contribution in [3.63, 3.8) is 0 Å². The third-order valence-electron chi connectivity index (χ3n) is 2.15. The molecule has 0 atom stereocenters. The van der Waals surface area contributed by atoms with Gasteiger partial charge in [0.25, 0.3) is 0 Å². The van der Waals surface area contributed by atoms with Crippen molar-refractivity contribution in [2.75, 3.05) is 26.4 Å². The molecule has 0 aromatic carbocycles. The van der Waals surface area contributed by atoms with Crippen LogP contribution in [0.15, 0.2) is 0 Å². The van der Waals surface area contributed by atoms with Gasteiger partial charge in [0.05, 0.1) is 25.5 Å². The van der Waals surface area contributed by atoms with E-state index in [-0.39, 0.29) is 6.61 Å². The molecule has 0 saturated heterocycles. The first kappa shape index (κ1) is 12.0. The average Bonchev–Trinajstić information content (AvgIpc) is 2.44. The Bertz CT molecular complexity index is 310. The summed E-state index contributed by atoms with van der Waals surface area (Å²) in [5.41, 5.74) is 1.90. The number of aryl methyl sites for hydroxylation is 2. The average molecular weight is 214 g/mol. The highest BCUT2D eigenvalue weighted by Crippen LogP contribution is 2.20. The van der Waals surface area contributed by atoms with Crippen molar-refractivity contribution in [1.82, 2.24) is 9.78 Å². The van der Waals surface area contributed by atoms with Crippen LogP contribution in [-0.4, -0.2) is 41.3 Å². The number of ether oxygens (including phenoxy) is 2. The van der Waals surface area contributed by atoms with E-state index in [0.29, 0.717) is 19.8 Å². The van der Waals surface area contributed by atoms with Gasteiger partial charge in [0.2, 0.25) is 0 Å². The number of nitrogens with zero attached hydrogens (tertiary/aromatic N) is 2. The van der Waals surface area contributed by atoms with Crippen LogP contribution in [0.4, 0.5) is 0 Å². The Morgan fingerprint density at radius 1 is 1.27 bits per heavy atom. The van der Waals surface area contributed by atoms with Gasteiger partial charge in [-0.1, -0.05) is 0 Å².